The molecule has 5 nitrogen and oxygen atoms in total. The molecular formula is C26H40N4O. The van der Waals surface area contributed by atoms with Gasteiger partial charge in [-0.3, -0.25) is 4.99 Å². The topological polar surface area (TPSA) is 48.9 Å². The van der Waals surface area contributed by atoms with E-state index in [2.05, 4.69) is 77.7 Å². The zero-order chi connectivity index (χ0) is 22.3. The lowest BCUT2D eigenvalue weighted by atomic mass is 10.1. The van der Waals surface area contributed by atoms with Crippen LogP contribution in [0.2, 0.25) is 0 Å². The molecule has 5 heteroatoms. The fraction of sp³-hybridized carbons (Fsp3) is 0.500. The summed E-state index contributed by atoms with van der Waals surface area (Å²) in [5.41, 5.74) is 3.61. The molecule has 0 bridgehead atoms. The van der Waals surface area contributed by atoms with Gasteiger partial charge in [-0.2, -0.15) is 0 Å². The normalized spacial score (nSPS) is 12.7. The molecule has 0 amide bonds. The van der Waals surface area contributed by atoms with Crippen molar-refractivity contribution in [2.24, 2.45) is 4.99 Å². The second kappa shape index (κ2) is 14.6. The Morgan fingerprint density at radius 1 is 0.935 bits per heavy atom. The van der Waals surface area contributed by atoms with E-state index in [1.165, 1.54) is 23.1 Å². The van der Waals surface area contributed by atoms with E-state index in [1.54, 1.807) is 0 Å². The van der Waals surface area contributed by atoms with Gasteiger partial charge in [0.1, 0.15) is 0 Å². The first-order valence-corrected chi connectivity index (χ1v) is 11.5. The first-order chi connectivity index (χ1) is 15.1. The van der Waals surface area contributed by atoms with Gasteiger partial charge in [-0.05, 0) is 56.1 Å². The average Bonchev–Trinajstić information content (AvgIpc) is 2.81. The van der Waals surface area contributed by atoms with Crippen LogP contribution in [0.5, 0.6) is 0 Å². The smallest absolute Gasteiger partial charge is 0.191 e. The van der Waals surface area contributed by atoms with E-state index in [-0.39, 0.29) is 0 Å². The third-order valence-electron chi connectivity index (χ3n) is 5.48. The van der Waals surface area contributed by atoms with Crippen LogP contribution in [0.4, 0.5) is 0 Å². The van der Waals surface area contributed by atoms with Crippen LogP contribution in [0.25, 0.3) is 0 Å². The summed E-state index contributed by atoms with van der Waals surface area (Å²) < 4.78 is 5.82. The third kappa shape index (κ3) is 9.99. The van der Waals surface area contributed by atoms with E-state index < -0.39 is 0 Å². The number of hydrogen-bond donors (Lipinski definition) is 2. The Kier molecular flexibility index (Phi) is 11.7. The minimum absolute atomic E-state index is 0.394. The minimum Gasteiger partial charge on any atom is -0.372 e. The summed E-state index contributed by atoms with van der Waals surface area (Å²) in [5, 5.41) is 6.92. The van der Waals surface area contributed by atoms with Crippen molar-refractivity contribution in [2.75, 3.05) is 26.7 Å². The highest BCUT2D eigenvalue weighted by molar-refractivity contribution is 5.79. The molecule has 2 aromatic carbocycles. The number of aliphatic imine (C=N–C) groups is 1. The summed E-state index contributed by atoms with van der Waals surface area (Å²) in [6.45, 7) is 12.1. The van der Waals surface area contributed by atoms with Crippen LogP contribution in [0.15, 0.2) is 59.6 Å². The minimum atomic E-state index is 0.394. The summed E-state index contributed by atoms with van der Waals surface area (Å²) in [7, 11) is 1.82. The van der Waals surface area contributed by atoms with Crippen molar-refractivity contribution in [1.29, 1.82) is 0 Å². The van der Waals surface area contributed by atoms with E-state index in [4.69, 9.17) is 4.74 Å². The van der Waals surface area contributed by atoms with Crippen LogP contribution < -0.4 is 10.6 Å². The molecule has 2 aromatic rings. The lowest BCUT2D eigenvalue weighted by molar-refractivity contribution is 0.107. The van der Waals surface area contributed by atoms with Gasteiger partial charge in [-0.15, -0.1) is 0 Å². The van der Waals surface area contributed by atoms with Gasteiger partial charge >= 0.3 is 0 Å². The SMILES string of the molecule is CCN(CC)CCCC(C)NC(=NC)NCc1ccc(COCc2ccccc2)cc1. The fourth-order valence-corrected chi connectivity index (χ4v) is 3.46. The second-order valence-corrected chi connectivity index (χ2v) is 7.94. The molecule has 31 heavy (non-hydrogen) atoms. The Morgan fingerprint density at radius 2 is 1.55 bits per heavy atom. The van der Waals surface area contributed by atoms with Crippen LogP contribution >= 0.6 is 0 Å². The number of nitrogens with zero attached hydrogens (tertiary/aromatic N) is 2. The Balaban J connectivity index is 1.68. The van der Waals surface area contributed by atoms with Crippen LogP contribution in [-0.4, -0.2) is 43.6 Å². The lowest BCUT2D eigenvalue weighted by Gasteiger charge is -2.21. The average molecular weight is 425 g/mol. The molecule has 0 saturated carbocycles. The summed E-state index contributed by atoms with van der Waals surface area (Å²) in [4.78, 5) is 6.84. The third-order valence-corrected chi connectivity index (χ3v) is 5.48. The van der Waals surface area contributed by atoms with Crippen molar-refractivity contribution in [1.82, 2.24) is 15.5 Å². The molecule has 0 radical (unpaired) electrons. The van der Waals surface area contributed by atoms with E-state index in [0.717, 1.165) is 38.6 Å². The molecule has 0 aromatic heterocycles. The molecule has 2 N–H and O–H groups in total. The van der Waals surface area contributed by atoms with E-state index in [9.17, 15) is 0 Å². The molecule has 0 aliphatic carbocycles. The molecule has 1 unspecified atom stereocenters. The van der Waals surface area contributed by atoms with Crippen molar-refractivity contribution in [3.8, 4) is 0 Å². The number of benzene rings is 2. The summed E-state index contributed by atoms with van der Waals surface area (Å²) in [6, 6.07) is 19.2. The number of guanidine groups is 1. The van der Waals surface area contributed by atoms with Gasteiger partial charge in [0.15, 0.2) is 5.96 Å². The summed E-state index contributed by atoms with van der Waals surface area (Å²) >= 11 is 0. The van der Waals surface area contributed by atoms with Crippen LogP contribution in [0.1, 0.15) is 50.3 Å². The molecule has 0 aliphatic rings. The van der Waals surface area contributed by atoms with Gasteiger partial charge in [-0.25, -0.2) is 0 Å². The van der Waals surface area contributed by atoms with Crippen molar-refractivity contribution >= 4 is 5.96 Å². The Hall–Kier alpha value is -2.37. The van der Waals surface area contributed by atoms with Gasteiger partial charge in [0, 0.05) is 19.6 Å². The maximum absolute atomic E-state index is 5.82. The highest BCUT2D eigenvalue weighted by Crippen LogP contribution is 2.08. The summed E-state index contributed by atoms with van der Waals surface area (Å²) in [6.07, 6.45) is 2.33. The highest BCUT2D eigenvalue weighted by Gasteiger charge is 2.07. The van der Waals surface area contributed by atoms with Crippen LogP contribution in [0.3, 0.4) is 0 Å². The molecule has 0 aliphatic heterocycles. The number of rotatable bonds is 13. The van der Waals surface area contributed by atoms with Gasteiger partial charge < -0.3 is 20.3 Å². The lowest BCUT2D eigenvalue weighted by Crippen LogP contribution is -2.42. The zero-order valence-corrected chi connectivity index (χ0v) is 19.7. The highest BCUT2D eigenvalue weighted by atomic mass is 16.5. The van der Waals surface area contributed by atoms with Gasteiger partial charge in [0.2, 0.25) is 0 Å². The molecule has 2 rings (SSSR count). The number of nitrogens with one attached hydrogen (secondary N) is 2. The van der Waals surface area contributed by atoms with Crippen LogP contribution in [-0.2, 0) is 24.5 Å². The molecule has 0 heterocycles. The predicted molar refractivity (Wildman–Crippen MR) is 131 cm³/mol. The Labute approximate surface area is 188 Å². The fourth-order valence-electron chi connectivity index (χ4n) is 3.46. The maximum atomic E-state index is 5.82. The molecule has 170 valence electrons. The summed E-state index contributed by atoms with van der Waals surface area (Å²) in [5.74, 6) is 0.852. The van der Waals surface area contributed by atoms with Crippen molar-refractivity contribution in [2.45, 2.75) is 59.4 Å². The largest absolute Gasteiger partial charge is 0.372 e. The first kappa shape index (κ1) is 24.9. The number of hydrogen-bond acceptors (Lipinski definition) is 3. The van der Waals surface area contributed by atoms with E-state index in [0.29, 0.717) is 19.3 Å². The van der Waals surface area contributed by atoms with Crippen molar-refractivity contribution in [3.05, 3.63) is 71.3 Å². The first-order valence-electron chi connectivity index (χ1n) is 11.5. The molecular weight excluding hydrogens is 384 g/mol. The van der Waals surface area contributed by atoms with E-state index >= 15 is 0 Å². The second-order valence-electron chi connectivity index (χ2n) is 7.94. The maximum Gasteiger partial charge on any atom is 0.191 e. The van der Waals surface area contributed by atoms with Gasteiger partial charge in [0.05, 0.1) is 13.2 Å². The van der Waals surface area contributed by atoms with Crippen molar-refractivity contribution < 1.29 is 4.74 Å². The predicted octanol–water partition coefficient (Wildman–Crippen LogP) is 4.58. The monoisotopic (exact) mass is 424 g/mol. The quantitative estimate of drug-likeness (QED) is 0.365. The van der Waals surface area contributed by atoms with Crippen LogP contribution in [0, 0.1) is 0 Å². The Bertz CT molecular complexity index is 742. The molecule has 1 atom stereocenters. The van der Waals surface area contributed by atoms with Gasteiger partial charge in [0.25, 0.3) is 0 Å². The van der Waals surface area contributed by atoms with Crippen molar-refractivity contribution in [3.63, 3.8) is 0 Å². The molecule has 0 saturated heterocycles. The zero-order valence-electron chi connectivity index (χ0n) is 19.7. The molecule has 0 spiro atoms. The standard InChI is InChI=1S/C26H40N4O/c1-5-30(6-2)18-10-11-22(3)29-26(27-4)28-19-23-14-16-25(17-15-23)21-31-20-24-12-8-7-9-13-24/h7-9,12-17,22H,5-6,10-11,18-21H2,1-4H3,(H2,27,28,29). The van der Waals surface area contributed by atoms with E-state index in [1.807, 2.05) is 25.2 Å². The van der Waals surface area contributed by atoms with Gasteiger partial charge in [-0.1, -0.05) is 68.4 Å². The Morgan fingerprint density at radius 3 is 2.16 bits per heavy atom. The number of ether oxygens (including phenoxy) is 1. The molecule has 0 fully saturated rings.